The fourth-order valence-electron chi connectivity index (χ4n) is 1.98. The van der Waals surface area contributed by atoms with Gasteiger partial charge in [0.15, 0.2) is 16.6 Å². The molecule has 0 aliphatic carbocycles. The van der Waals surface area contributed by atoms with Crippen molar-refractivity contribution in [3.05, 3.63) is 53.1 Å². The third-order valence-electron chi connectivity index (χ3n) is 3.44. The van der Waals surface area contributed by atoms with Crippen LogP contribution in [0.1, 0.15) is 16.7 Å². The van der Waals surface area contributed by atoms with Crippen LogP contribution in [0.25, 0.3) is 0 Å². The van der Waals surface area contributed by atoms with Crippen LogP contribution in [-0.2, 0) is 0 Å². The molecule has 6 heteroatoms. The molecule has 120 valence electrons. The maximum atomic E-state index is 9.55. The number of hydrazone groups is 1. The average Bonchev–Trinajstić information content (AvgIpc) is 2.53. The average molecular weight is 329 g/mol. The van der Waals surface area contributed by atoms with Gasteiger partial charge in [-0.1, -0.05) is 12.1 Å². The van der Waals surface area contributed by atoms with Crippen molar-refractivity contribution >= 4 is 29.2 Å². The Labute approximate surface area is 141 Å². The monoisotopic (exact) mass is 329 g/mol. The summed E-state index contributed by atoms with van der Waals surface area (Å²) >= 11 is 5.22. The minimum atomic E-state index is 0.0877. The van der Waals surface area contributed by atoms with Crippen molar-refractivity contribution in [2.45, 2.75) is 13.8 Å². The lowest BCUT2D eigenvalue weighted by molar-refractivity contribution is 0.373. The largest absolute Gasteiger partial charge is 0.504 e. The van der Waals surface area contributed by atoms with E-state index in [0.717, 1.165) is 16.8 Å². The van der Waals surface area contributed by atoms with Gasteiger partial charge in [0.1, 0.15) is 0 Å². The molecule has 5 nitrogen and oxygen atoms in total. The second-order valence-corrected chi connectivity index (χ2v) is 5.41. The Morgan fingerprint density at radius 3 is 2.78 bits per heavy atom. The van der Waals surface area contributed by atoms with Crippen molar-refractivity contribution in [2.75, 3.05) is 12.4 Å². The lowest BCUT2D eigenvalue weighted by Gasteiger charge is -2.11. The first-order chi connectivity index (χ1) is 11.0. The highest BCUT2D eigenvalue weighted by Crippen LogP contribution is 2.25. The fraction of sp³-hybridized carbons (Fsp3) is 0.176. The third-order valence-corrected chi connectivity index (χ3v) is 3.63. The molecule has 3 N–H and O–H groups in total. The Morgan fingerprint density at radius 1 is 1.26 bits per heavy atom. The van der Waals surface area contributed by atoms with Crippen molar-refractivity contribution in [3.63, 3.8) is 0 Å². The van der Waals surface area contributed by atoms with Crippen LogP contribution >= 0.6 is 12.2 Å². The summed E-state index contributed by atoms with van der Waals surface area (Å²) in [5.74, 6) is 0.481. The lowest BCUT2D eigenvalue weighted by atomic mass is 10.1. The molecule has 0 bridgehead atoms. The lowest BCUT2D eigenvalue weighted by Crippen LogP contribution is -2.24. The van der Waals surface area contributed by atoms with E-state index in [1.54, 1.807) is 24.4 Å². The van der Waals surface area contributed by atoms with E-state index in [4.69, 9.17) is 17.0 Å². The number of hydrogen-bond donors (Lipinski definition) is 3. The molecule has 0 heterocycles. The van der Waals surface area contributed by atoms with Crippen molar-refractivity contribution in [2.24, 2.45) is 5.10 Å². The molecule has 0 saturated heterocycles. The van der Waals surface area contributed by atoms with Crippen LogP contribution in [0.3, 0.4) is 0 Å². The maximum Gasteiger partial charge on any atom is 0.191 e. The predicted molar refractivity (Wildman–Crippen MR) is 97.5 cm³/mol. The first-order valence-electron chi connectivity index (χ1n) is 7.04. The highest BCUT2D eigenvalue weighted by atomic mass is 32.1. The first-order valence-corrected chi connectivity index (χ1v) is 7.45. The minimum Gasteiger partial charge on any atom is -0.504 e. The smallest absolute Gasteiger partial charge is 0.191 e. The Hall–Kier alpha value is -2.60. The number of ether oxygens (including phenoxy) is 1. The number of aryl methyl sites for hydroxylation is 1. The normalized spacial score (nSPS) is 10.6. The van der Waals surface area contributed by atoms with Gasteiger partial charge in [0.05, 0.1) is 13.3 Å². The molecule has 0 radical (unpaired) electrons. The van der Waals surface area contributed by atoms with E-state index >= 15 is 0 Å². The third kappa shape index (κ3) is 4.43. The van der Waals surface area contributed by atoms with Gasteiger partial charge in [-0.3, -0.25) is 5.43 Å². The van der Waals surface area contributed by atoms with E-state index in [2.05, 4.69) is 15.8 Å². The Kier molecular flexibility index (Phi) is 5.54. The summed E-state index contributed by atoms with van der Waals surface area (Å²) in [5.41, 5.74) is 6.83. The number of hydrogen-bond acceptors (Lipinski definition) is 4. The van der Waals surface area contributed by atoms with Gasteiger partial charge in [0.25, 0.3) is 0 Å². The summed E-state index contributed by atoms with van der Waals surface area (Å²) in [6, 6.07) is 10.9. The molecule has 0 aliphatic rings. The van der Waals surface area contributed by atoms with E-state index in [1.165, 1.54) is 12.7 Å². The number of anilines is 1. The molecule has 0 fully saturated rings. The zero-order chi connectivity index (χ0) is 16.8. The van der Waals surface area contributed by atoms with Crippen LogP contribution in [0.2, 0.25) is 0 Å². The van der Waals surface area contributed by atoms with Crippen LogP contribution in [0, 0.1) is 13.8 Å². The van der Waals surface area contributed by atoms with E-state index < -0.39 is 0 Å². The summed E-state index contributed by atoms with van der Waals surface area (Å²) in [7, 11) is 1.50. The molecule has 0 amide bonds. The van der Waals surface area contributed by atoms with E-state index in [-0.39, 0.29) is 5.75 Å². The molecule has 0 atom stereocenters. The van der Waals surface area contributed by atoms with Gasteiger partial charge in [-0.25, -0.2) is 0 Å². The van der Waals surface area contributed by atoms with Crippen molar-refractivity contribution in [1.82, 2.24) is 5.43 Å². The molecular weight excluding hydrogens is 310 g/mol. The first kappa shape index (κ1) is 16.8. The van der Waals surface area contributed by atoms with Crippen LogP contribution in [-0.4, -0.2) is 23.5 Å². The number of rotatable bonds is 4. The number of phenols is 1. The minimum absolute atomic E-state index is 0.0877. The number of nitrogens with zero attached hydrogens (tertiary/aromatic N) is 1. The summed E-state index contributed by atoms with van der Waals surface area (Å²) < 4.78 is 5.05. The molecule has 23 heavy (non-hydrogen) atoms. The number of thiocarbonyl (C=S) groups is 1. The van der Waals surface area contributed by atoms with Gasteiger partial charge in [-0.15, -0.1) is 0 Å². The van der Waals surface area contributed by atoms with Gasteiger partial charge in [0.2, 0.25) is 0 Å². The second kappa shape index (κ2) is 7.60. The molecule has 2 aromatic rings. The van der Waals surface area contributed by atoms with Crippen LogP contribution < -0.4 is 15.5 Å². The van der Waals surface area contributed by atoms with Crippen LogP contribution in [0.4, 0.5) is 5.69 Å². The Balaban J connectivity index is 1.97. The number of aromatic hydroxyl groups is 1. The van der Waals surface area contributed by atoms with E-state index in [1.807, 2.05) is 32.0 Å². The van der Waals surface area contributed by atoms with E-state index in [0.29, 0.717) is 10.9 Å². The van der Waals surface area contributed by atoms with Gasteiger partial charge in [-0.2, -0.15) is 5.10 Å². The van der Waals surface area contributed by atoms with Crippen LogP contribution in [0.5, 0.6) is 11.5 Å². The Morgan fingerprint density at radius 2 is 2.04 bits per heavy atom. The topological polar surface area (TPSA) is 65.9 Å². The summed E-state index contributed by atoms with van der Waals surface area (Å²) in [6.07, 6.45) is 1.60. The molecule has 0 unspecified atom stereocenters. The zero-order valence-electron chi connectivity index (χ0n) is 13.3. The highest BCUT2D eigenvalue weighted by Gasteiger charge is 2.03. The molecule has 0 aliphatic heterocycles. The van der Waals surface area contributed by atoms with Gasteiger partial charge in [-0.05, 0) is 67.0 Å². The van der Waals surface area contributed by atoms with E-state index in [9.17, 15) is 5.11 Å². The molecule has 0 saturated carbocycles. The summed E-state index contributed by atoms with van der Waals surface area (Å²) in [6.45, 7) is 4.08. The van der Waals surface area contributed by atoms with Gasteiger partial charge in [0, 0.05) is 5.69 Å². The zero-order valence-corrected chi connectivity index (χ0v) is 14.1. The standard InChI is InChI=1S/C17H19N3O2S/c1-11-5-4-6-14(12(11)2)19-17(23)20-18-10-13-7-8-15(21)16(9-13)22-3/h4-10,21H,1-3H3,(H2,19,20,23)/b18-10+. The van der Waals surface area contributed by atoms with Gasteiger partial charge >= 0.3 is 0 Å². The number of methoxy groups -OCH3 is 1. The molecular formula is C17H19N3O2S. The molecule has 2 aromatic carbocycles. The maximum absolute atomic E-state index is 9.55. The van der Waals surface area contributed by atoms with Crippen LogP contribution in [0.15, 0.2) is 41.5 Å². The summed E-state index contributed by atoms with van der Waals surface area (Å²) in [5, 5.41) is 17.1. The molecule has 0 aromatic heterocycles. The second-order valence-electron chi connectivity index (χ2n) is 5.00. The quantitative estimate of drug-likeness (QED) is 0.456. The summed E-state index contributed by atoms with van der Waals surface area (Å²) in [4.78, 5) is 0. The van der Waals surface area contributed by atoms with Gasteiger partial charge < -0.3 is 15.2 Å². The Bertz CT molecular complexity index is 745. The van der Waals surface area contributed by atoms with Crippen molar-refractivity contribution < 1.29 is 9.84 Å². The highest BCUT2D eigenvalue weighted by molar-refractivity contribution is 7.80. The fourth-order valence-corrected chi connectivity index (χ4v) is 2.14. The number of benzene rings is 2. The predicted octanol–water partition coefficient (Wildman–Crippen LogP) is 3.34. The van der Waals surface area contributed by atoms with Crippen molar-refractivity contribution in [3.8, 4) is 11.5 Å². The number of phenolic OH excluding ortho intramolecular Hbond substituents is 1. The molecule has 2 rings (SSSR count). The van der Waals surface area contributed by atoms with Crippen molar-refractivity contribution in [1.29, 1.82) is 0 Å². The number of nitrogens with one attached hydrogen (secondary N) is 2. The SMILES string of the molecule is COc1cc(/C=N/NC(=S)Nc2cccc(C)c2C)ccc1O. The molecule has 0 spiro atoms.